The Morgan fingerprint density at radius 3 is 2.75 bits per heavy atom. The van der Waals surface area contributed by atoms with Crippen molar-refractivity contribution in [1.29, 1.82) is 0 Å². The first-order valence-electron chi connectivity index (χ1n) is 8.65. The fraction of sp³-hybridized carbons (Fsp3) is 0.500. The Hall–Kier alpha value is -2.37. The highest BCUT2D eigenvalue weighted by Crippen LogP contribution is 2.23. The Balaban J connectivity index is 1.77. The van der Waals surface area contributed by atoms with E-state index in [2.05, 4.69) is 20.3 Å². The molecule has 1 aliphatic heterocycles. The Morgan fingerprint density at radius 1 is 1.21 bits per heavy atom. The van der Waals surface area contributed by atoms with Gasteiger partial charge in [0.1, 0.15) is 5.82 Å². The molecular formula is C18H25N5O. The van der Waals surface area contributed by atoms with Crippen molar-refractivity contribution in [1.82, 2.24) is 14.8 Å². The molecule has 0 spiro atoms. The van der Waals surface area contributed by atoms with Crippen LogP contribution in [0, 0.1) is 0 Å². The van der Waals surface area contributed by atoms with Gasteiger partial charge in [-0.3, -0.25) is 9.78 Å². The van der Waals surface area contributed by atoms with E-state index in [9.17, 15) is 4.79 Å². The van der Waals surface area contributed by atoms with Gasteiger partial charge < -0.3 is 10.2 Å². The Bertz CT molecular complexity index is 713. The summed E-state index contributed by atoms with van der Waals surface area (Å²) in [4.78, 5) is 18.3. The summed E-state index contributed by atoms with van der Waals surface area (Å²) < 4.78 is 1.57. The predicted molar refractivity (Wildman–Crippen MR) is 96.6 cm³/mol. The van der Waals surface area contributed by atoms with Crippen molar-refractivity contribution in [2.45, 2.75) is 45.2 Å². The molecule has 0 amide bonds. The van der Waals surface area contributed by atoms with Crippen molar-refractivity contribution < 1.29 is 0 Å². The maximum Gasteiger partial charge on any atom is 0.267 e. The van der Waals surface area contributed by atoms with Gasteiger partial charge >= 0.3 is 0 Å². The van der Waals surface area contributed by atoms with Crippen LogP contribution >= 0.6 is 0 Å². The summed E-state index contributed by atoms with van der Waals surface area (Å²) in [6, 6.07) is 7.87. The van der Waals surface area contributed by atoms with E-state index >= 15 is 0 Å². The first-order valence-corrected chi connectivity index (χ1v) is 8.65. The lowest BCUT2D eigenvalue weighted by Gasteiger charge is -2.37. The van der Waals surface area contributed by atoms with E-state index < -0.39 is 0 Å². The predicted octanol–water partition coefficient (Wildman–Crippen LogP) is 2.69. The zero-order chi connectivity index (χ0) is 16.9. The van der Waals surface area contributed by atoms with Crippen molar-refractivity contribution >= 4 is 11.5 Å². The lowest BCUT2D eigenvalue weighted by atomic mass is 10.0. The highest BCUT2D eigenvalue weighted by atomic mass is 16.1. The number of pyridine rings is 1. The molecule has 3 rings (SSSR count). The summed E-state index contributed by atoms with van der Waals surface area (Å²) in [5.74, 6) is 0.893. The Labute approximate surface area is 142 Å². The van der Waals surface area contributed by atoms with Crippen molar-refractivity contribution in [3.05, 3.63) is 47.0 Å². The quantitative estimate of drug-likeness (QED) is 0.915. The average molecular weight is 327 g/mol. The molecule has 1 fully saturated rings. The first kappa shape index (κ1) is 16.5. The minimum Gasteiger partial charge on any atom is -0.383 e. The van der Waals surface area contributed by atoms with Crippen LogP contribution < -0.4 is 15.8 Å². The summed E-state index contributed by atoms with van der Waals surface area (Å²) in [5.41, 5.74) is 1.04. The third-order valence-electron chi connectivity index (χ3n) is 4.44. The van der Waals surface area contributed by atoms with Crippen LogP contribution in [-0.4, -0.2) is 33.9 Å². The summed E-state index contributed by atoms with van der Waals surface area (Å²) in [6.07, 6.45) is 7.10. The van der Waals surface area contributed by atoms with Crippen LogP contribution in [0.15, 0.2) is 41.5 Å². The number of aromatic nitrogens is 3. The molecule has 1 N–H and O–H groups in total. The van der Waals surface area contributed by atoms with Crippen molar-refractivity contribution in [3.63, 3.8) is 0 Å². The van der Waals surface area contributed by atoms with Gasteiger partial charge in [-0.2, -0.15) is 5.10 Å². The minimum absolute atomic E-state index is 0.0442. The van der Waals surface area contributed by atoms with Crippen molar-refractivity contribution in [3.8, 4) is 0 Å². The van der Waals surface area contributed by atoms with Crippen LogP contribution in [0.25, 0.3) is 0 Å². The second-order valence-corrected chi connectivity index (χ2v) is 6.53. The molecule has 6 nitrogen and oxygen atoms in total. The van der Waals surface area contributed by atoms with Crippen LogP contribution in [0.1, 0.15) is 39.2 Å². The van der Waals surface area contributed by atoms with Gasteiger partial charge in [-0.15, -0.1) is 0 Å². The number of piperidine rings is 1. The second-order valence-electron chi connectivity index (χ2n) is 6.53. The van der Waals surface area contributed by atoms with E-state index in [4.69, 9.17) is 0 Å². The van der Waals surface area contributed by atoms with Crippen LogP contribution in [0.2, 0.25) is 0 Å². The summed E-state index contributed by atoms with van der Waals surface area (Å²) >= 11 is 0. The van der Waals surface area contributed by atoms with E-state index in [1.807, 2.05) is 32.0 Å². The Kier molecular flexibility index (Phi) is 5.13. The van der Waals surface area contributed by atoms with Crippen LogP contribution in [0.4, 0.5) is 11.5 Å². The van der Waals surface area contributed by atoms with Gasteiger partial charge in [-0.25, -0.2) is 4.68 Å². The number of hydrogen-bond acceptors (Lipinski definition) is 5. The molecule has 0 aliphatic carbocycles. The van der Waals surface area contributed by atoms with Crippen LogP contribution in [0.3, 0.4) is 0 Å². The molecule has 1 saturated heterocycles. The number of anilines is 2. The van der Waals surface area contributed by atoms with E-state index in [0.29, 0.717) is 6.04 Å². The molecule has 128 valence electrons. The fourth-order valence-electron chi connectivity index (χ4n) is 3.16. The van der Waals surface area contributed by atoms with Crippen molar-refractivity contribution in [2.75, 3.05) is 23.3 Å². The lowest BCUT2D eigenvalue weighted by molar-refractivity contribution is 0.451. The normalized spacial score (nSPS) is 18.0. The zero-order valence-corrected chi connectivity index (χ0v) is 14.4. The molecule has 2 aromatic heterocycles. The third-order valence-corrected chi connectivity index (χ3v) is 4.44. The molecule has 1 atom stereocenters. The van der Waals surface area contributed by atoms with E-state index in [1.165, 1.54) is 6.42 Å². The topological polar surface area (TPSA) is 63.1 Å². The zero-order valence-electron chi connectivity index (χ0n) is 14.4. The number of nitrogens with zero attached hydrogens (tertiary/aromatic N) is 4. The van der Waals surface area contributed by atoms with Gasteiger partial charge in [-0.1, -0.05) is 0 Å². The molecule has 1 aliphatic rings. The highest BCUT2D eigenvalue weighted by molar-refractivity contribution is 5.43. The molecule has 0 bridgehead atoms. The fourth-order valence-corrected chi connectivity index (χ4v) is 3.16. The summed E-state index contributed by atoms with van der Waals surface area (Å²) in [6.45, 7) is 5.80. The monoisotopic (exact) mass is 327 g/mol. The lowest BCUT2D eigenvalue weighted by Crippen LogP contribution is -2.45. The largest absolute Gasteiger partial charge is 0.383 e. The van der Waals surface area contributed by atoms with Gasteiger partial charge in [0.2, 0.25) is 0 Å². The number of hydrogen-bond donors (Lipinski definition) is 1. The summed E-state index contributed by atoms with van der Waals surface area (Å²) in [5, 5.41) is 8.08. The highest BCUT2D eigenvalue weighted by Gasteiger charge is 2.24. The molecule has 0 saturated carbocycles. The minimum atomic E-state index is -0.0442. The molecule has 0 radical (unpaired) electrons. The smallest absolute Gasteiger partial charge is 0.267 e. The third kappa shape index (κ3) is 3.75. The molecule has 6 heteroatoms. The second kappa shape index (κ2) is 7.47. The van der Waals surface area contributed by atoms with Crippen LogP contribution in [-0.2, 0) is 0 Å². The average Bonchev–Trinajstić information content (AvgIpc) is 2.61. The maximum atomic E-state index is 12.0. The maximum absolute atomic E-state index is 12.0. The van der Waals surface area contributed by atoms with Gasteiger partial charge in [0.15, 0.2) is 0 Å². The van der Waals surface area contributed by atoms with E-state index in [-0.39, 0.29) is 11.6 Å². The molecule has 3 heterocycles. The Morgan fingerprint density at radius 2 is 2.00 bits per heavy atom. The first-order chi connectivity index (χ1) is 11.6. The van der Waals surface area contributed by atoms with E-state index in [0.717, 1.165) is 37.4 Å². The molecular weight excluding hydrogens is 302 g/mol. The standard InChI is InChI=1S/C18H25N5O/c1-14(2)23-18(24)7-6-17(21-23)22-12-4-3-5-16(22)13-20-15-8-10-19-11-9-15/h6-11,14,16H,3-5,12-13H2,1-2H3,(H,19,20). The number of rotatable bonds is 5. The van der Waals surface area contributed by atoms with Crippen molar-refractivity contribution in [2.24, 2.45) is 0 Å². The summed E-state index contributed by atoms with van der Waals surface area (Å²) in [7, 11) is 0. The van der Waals surface area contributed by atoms with Gasteiger partial charge in [0, 0.05) is 43.3 Å². The molecule has 2 aromatic rings. The van der Waals surface area contributed by atoms with Crippen LogP contribution in [0.5, 0.6) is 0 Å². The molecule has 24 heavy (non-hydrogen) atoms. The van der Waals surface area contributed by atoms with Gasteiger partial charge in [0.25, 0.3) is 5.56 Å². The number of nitrogens with one attached hydrogen (secondary N) is 1. The molecule has 0 aromatic carbocycles. The van der Waals surface area contributed by atoms with Gasteiger partial charge in [-0.05, 0) is 51.3 Å². The SMILES string of the molecule is CC(C)n1nc(N2CCCCC2CNc2ccncc2)ccc1=O. The molecule has 1 unspecified atom stereocenters. The van der Waals surface area contributed by atoms with E-state index in [1.54, 1.807) is 23.1 Å². The van der Waals surface area contributed by atoms with Gasteiger partial charge in [0.05, 0.1) is 6.04 Å².